The van der Waals surface area contributed by atoms with E-state index in [0.29, 0.717) is 0 Å². The van der Waals surface area contributed by atoms with E-state index in [1.807, 2.05) is 23.1 Å². The zero-order chi connectivity index (χ0) is 20.3. The van der Waals surface area contributed by atoms with Crippen LogP contribution in [0.15, 0.2) is 24.3 Å². The average molecular weight is 386 g/mol. The SMILES string of the molecule is Cc1nn(CC(=O)NNC(=O)CN2CCCc3ccccc32)c(C)c1[N+](=O)[O-]. The highest BCUT2D eigenvalue weighted by molar-refractivity contribution is 5.85. The van der Waals surface area contributed by atoms with Gasteiger partial charge in [-0.15, -0.1) is 0 Å². The Balaban J connectivity index is 1.54. The third kappa shape index (κ3) is 4.11. The van der Waals surface area contributed by atoms with Crippen LogP contribution in [-0.4, -0.2) is 39.6 Å². The van der Waals surface area contributed by atoms with Crippen LogP contribution >= 0.6 is 0 Å². The minimum Gasteiger partial charge on any atom is -0.362 e. The fraction of sp³-hybridized carbons (Fsp3) is 0.389. The number of carbonyl (C=O) groups is 2. The number of fused-ring (bicyclic) bond motifs is 1. The molecular formula is C18H22N6O4. The molecule has 2 aromatic rings. The molecular weight excluding hydrogens is 364 g/mol. The second-order valence-electron chi connectivity index (χ2n) is 6.68. The number of nitrogens with zero attached hydrogens (tertiary/aromatic N) is 4. The molecule has 28 heavy (non-hydrogen) atoms. The van der Waals surface area contributed by atoms with Crippen molar-refractivity contribution in [1.29, 1.82) is 0 Å². The third-order valence-corrected chi connectivity index (χ3v) is 4.70. The summed E-state index contributed by atoms with van der Waals surface area (Å²) >= 11 is 0. The maximum Gasteiger partial charge on any atom is 0.312 e. The summed E-state index contributed by atoms with van der Waals surface area (Å²) in [5.41, 5.74) is 7.38. The zero-order valence-electron chi connectivity index (χ0n) is 15.8. The van der Waals surface area contributed by atoms with Gasteiger partial charge in [-0.3, -0.25) is 35.2 Å². The van der Waals surface area contributed by atoms with E-state index in [9.17, 15) is 19.7 Å². The fourth-order valence-corrected chi connectivity index (χ4v) is 3.41. The van der Waals surface area contributed by atoms with Crippen LogP contribution in [0.1, 0.15) is 23.4 Å². The van der Waals surface area contributed by atoms with Crippen molar-refractivity contribution in [2.45, 2.75) is 33.2 Å². The van der Waals surface area contributed by atoms with Crippen molar-refractivity contribution < 1.29 is 14.5 Å². The maximum atomic E-state index is 12.2. The standard InChI is InChI=1S/C18H22N6O4/c1-12-18(24(27)28)13(2)23(21-12)11-17(26)20-19-16(25)10-22-9-5-7-14-6-3-4-8-15(14)22/h3-4,6,8H,5,7,9-11H2,1-2H3,(H,19,25)(H,20,26). The molecule has 1 aromatic carbocycles. The molecule has 1 aliphatic rings. The quantitative estimate of drug-likeness (QED) is 0.584. The van der Waals surface area contributed by atoms with Crippen molar-refractivity contribution >= 4 is 23.2 Å². The summed E-state index contributed by atoms with van der Waals surface area (Å²) < 4.78 is 1.25. The number of hydrogen-bond acceptors (Lipinski definition) is 6. The van der Waals surface area contributed by atoms with Gasteiger partial charge >= 0.3 is 5.69 Å². The number of hydrogen-bond donors (Lipinski definition) is 2. The Kier molecular flexibility index (Phi) is 5.57. The largest absolute Gasteiger partial charge is 0.362 e. The Morgan fingerprint density at radius 1 is 1.18 bits per heavy atom. The Labute approximate surface area is 161 Å². The minimum absolute atomic E-state index is 0.111. The van der Waals surface area contributed by atoms with Crippen molar-refractivity contribution in [3.63, 3.8) is 0 Å². The van der Waals surface area contributed by atoms with E-state index in [-0.39, 0.29) is 36.1 Å². The van der Waals surface area contributed by atoms with E-state index in [4.69, 9.17) is 0 Å². The van der Waals surface area contributed by atoms with Gasteiger partial charge in [0.15, 0.2) is 0 Å². The van der Waals surface area contributed by atoms with Gasteiger partial charge in [0.05, 0.1) is 11.5 Å². The lowest BCUT2D eigenvalue weighted by Crippen LogP contribution is -2.48. The first kappa shape index (κ1) is 19.3. The Hall–Kier alpha value is -3.43. The molecule has 10 heteroatoms. The van der Waals surface area contributed by atoms with Crippen LogP contribution in [0.4, 0.5) is 11.4 Å². The van der Waals surface area contributed by atoms with Crippen molar-refractivity contribution in [1.82, 2.24) is 20.6 Å². The molecule has 0 aliphatic carbocycles. The molecule has 2 N–H and O–H groups in total. The lowest BCUT2D eigenvalue weighted by Gasteiger charge is -2.30. The van der Waals surface area contributed by atoms with E-state index in [0.717, 1.165) is 25.1 Å². The van der Waals surface area contributed by atoms with Crippen LogP contribution < -0.4 is 15.8 Å². The van der Waals surface area contributed by atoms with Gasteiger partial charge in [0.1, 0.15) is 17.9 Å². The lowest BCUT2D eigenvalue weighted by atomic mass is 10.0. The van der Waals surface area contributed by atoms with Crippen LogP contribution in [0, 0.1) is 24.0 Å². The summed E-state index contributed by atoms with van der Waals surface area (Å²) in [6.45, 7) is 3.71. The molecule has 0 unspecified atom stereocenters. The van der Waals surface area contributed by atoms with Crippen molar-refractivity contribution in [3.05, 3.63) is 51.3 Å². The van der Waals surface area contributed by atoms with E-state index >= 15 is 0 Å². The molecule has 1 aliphatic heterocycles. The van der Waals surface area contributed by atoms with Crippen LogP contribution in [0.5, 0.6) is 0 Å². The summed E-state index contributed by atoms with van der Waals surface area (Å²) in [5, 5.41) is 15.0. The molecule has 0 radical (unpaired) electrons. The van der Waals surface area contributed by atoms with Crippen LogP contribution in [0.3, 0.4) is 0 Å². The second-order valence-corrected chi connectivity index (χ2v) is 6.68. The van der Waals surface area contributed by atoms with Crippen molar-refractivity contribution in [3.8, 4) is 0 Å². The number of nitro groups is 1. The topological polar surface area (TPSA) is 122 Å². The van der Waals surface area contributed by atoms with E-state index in [1.54, 1.807) is 0 Å². The number of rotatable bonds is 5. The van der Waals surface area contributed by atoms with Gasteiger partial charge in [0.2, 0.25) is 0 Å². The molecule has 2 heterocycles. The molecule has 0 atom stereocenters. The van der Waals surface area contributed by atoms with Gasteiger partial charge in [0, 0.05) is 12.2 Å². The molecule has 0 saturated heterocycles. The predicted molar refractivity (Wildman–Crippen MR) is 102 cm³/mol. The number of anilines is 1. The number of nitrogens with one attached hydrogen (secondary N) is 2. The summed E-state index contributed by atoms with van der Waals surface area (Å²) in [6, 6.07) is 7.95. The highest BCUT2D eigenvalue weighted by Gasteiger charge is 2.23. The lowest BCUT2D eigenvalue weighted by molar-refractivity contribution is -0.386. The first-order valence-corrected chi connectivity index (χ1v) is 8.95. The molecule has 0 spiro atoms. The molecule has 2 amide bonds. The number of aromatic nitrogens is 2. The van der Waals surface area contributed by atoms with Gasteiger partial charge in [-0.2, -0.15) is 5.10 Å². The first-order valence-electron chi connectivity index (χ1n) is 8.95. The Morgan fingerprint density at radius 3 is 2.54 bits per heavy atom. The number of para-hydroxylation sites is 1. The molecule has 1 aromatic heterocycles. The highest BCUT2D eigenvalue weighted by Crippen LogP contribution is 2.26. The molecule has 3 rings (SSSR count). The van der Waals surface area contributed by atoms with Crippen molar-refractivity contribution in [2.75, 3.05) is 18.0 Å². The van der Waals surface area contributed by atoms with Gasteiger partial charge < -0.3 is 4.90 Å². The molecule has 0 bridgehead atoms. The average Bonchev–Trinajstić information content (AvgIpc) is 2.93. The molecule has 0 saturated carbocycles. The second kappa shape index (κ2) is 8.07. The summed E-state index contributed by atoms with van der Waals surface area (Å²) in [6.07, 6.45) is 1.95. The predicted octanol–water partition coefficient (Wildman–Crippen LogP) is 1.01. The Morgan fingerprint density at radius 2 is 1.86 bits per heavy atom. The third-order valence-electron chi connectivity index (χ3n) is 4.70. The van der Waals surface area contributed by atoms with Gasteiger partial charge in [-0.05, 0) is 38.3 Å². The fourth-order valence-electron chi connectivity index (χ4n) is 3.41. The number of carbonyl (C=O) groups excluding carboxylic acids is 2. The van der Waals surface area contributed by atoms with Crippen LogP contribution in [0.2, 0.25) is 0 Å². The van der Waals surface area contributed by atoms with Gasteiger partial charge in [-0.25, -0.2) is 0 Å². The summed E-state index contributed by atoms with van der Waals surface area (Å²) in [7, 11) is 0. The summed E-state index contributed by atoms with van der Waals surface area (Å²) in [5.74, 6) is -0.864. The highest BCUT2D eigenvalue weighted by atomic mass is 16.6. The minimum atomic E-state index is -0.524. The molecule has 10 nitrogen and oxygen atoms in total. The molecule has 0 fully saturated rings. The first-order chi connectivity index (χ1) is 13.4. The molecule has 148 valence electrons. The van der Waals surface area contributed by atoms with E-state index < -0.39 is 10.8 Å². The Bertz CT molecular complexity index is 923. The maximum absolute atomic E-state index is 12.2. The van der Waals surface area contributed by atoms with Crippen LogP contribution in [0.25, 0.3) is 0 Å². The van der Waals surface area contributed by atoms with Gasteiger partial charge in [-0.1, -0.05) is 18.2 Å². The zero-order valence-corrected chi connectivity index (χ0v) is 15.8. The van der Waals surface area contributed by atoms with Crippen molar-refractivity contribution in [2.24, 2.45) is 0 Å². The van der Waals surface area contributed by atoms with Crippen LogP contribution in [-0.2, 0) is 22.6 Å². The smallest absolute Gasteiger partial charge is 0.312 e. The number of amides is 2. The van der Waals surface area contributed by atoms with Gasteiger partial charge in [0.25, 0.3) is 11.8 Å². The van der Waals surface area contributed by atoms with E-state index in [2.05, 4.69) is 22.0 Å². The normalized spacial score (nSPS) is 13.0. The summed E-state index contributed by atoms with van der Waals surface area (Å²) in [4.78, 5) is 36.8. The van der Waals surface area contributed by atoms with E-state index in [1.165, 1.54) is 24.1 Å². The number of aryl methyl sites for hydroxylation is 2. The number of benzene rings is 1. The monoisotopic (exact) mass is 386 g/mol. The number of hydrazine groups is 1.